The Balaban J connectivity index is 1.84. The minimum absolute atomic E-state index is 0.0169. The maximum absolute atomic E-state index is 13.7. The van der Waals surface area contributed by atoms with Crippen molar-refractivity contribution in [2.24, 2.45) is 5.41 Å². The number of halogens is 1. The van der Waals surface area contributed by atoms with Gasteiger partial charge in [0.1, 0.15) is 11.6 Å². The first kappa shape index (κ1) is 21.8. The van der Waals surface area contributed by atoms with Gasteiger partial charge in [-0.2, -0.15) is 0 Å². The van der Waals surface area contributed by atoms with E-state index in [-0.39, 0.29) is 17.1 Å². The topological polar surface area (TPSA) is 67.4 Å². The highest BCUT2D eigenvalue weighted by Crippen LogP contribution is 2.48. The summed E-state index contributed by atoms with van der Waals surface area (Å²) in [6.07, 6.45) is 1.10. The van der Waals surface area contributed by atoms with Crippen molar-refractivity contribution in [2.45, 2.75) is 39.5 Å². The molecule has 2 aromatic rings. The number of nitrogens with one attached hydrogen (secondary N) is 2. The predicted octanol–water partition coefficient (Wildman–Crippen LogP) is 5.08. The number of carbonyl (C=O) groups excluding carboxylic acids is 2. The fourth-order valence-electron chi connectivity index (χ4n) is 4.72. The van der Waals surface area contributed by atoms with E-state index < -0.39 is 11.7 Å². The van der Waals surface area contributed by atoms with Gasteiger partial charge in [-0.3, -0.25) is 9.59 Å². The van der Waals surface area contributed by atoms with Crippen LogP contribution in [-0.2, 0) is 9.59 Å². The highest BCUT2D eigenvalue weighted by Gasteiger charge is 2.43. The van der Waals surface area contributed by atoms with E-state index >= 15 is 0 Å². The van der Waals surface area contributed by atoms with Crippen LogP contribution < -0.4 is 15.4 Å². The fourth-order valence-corrected chi connectivity index (χ4v) is 4.72. The first-order valence-corrected chi connectivity index (χ1v) is 10.6. The van der Waals surface area contributed by atoms with E-state index in [9.17, 15) is 14.0 Å². The molecule has 5 nitrogen and oxygen atoms in total. The summed E-state index contributed by atoms with van der Waals surface area (Å²) < 4.78 is 19.3. The molecule has 0 fully saturated rings. The lowest BCUT2D eigenvalue weighted by Crippen LogP contribution is -2.39. The summed E-state index contributed by atoms with van der Waals surface area (Å²) >= 11 is 0. The Morgan fingerprint density at radius 1 is 1.16 bits per heavy atom. The van der Waals surface area contributed by atoms with Gasteiger partial charge in [-0.05, 0) is 43.0 Å². The normalized spacial score (nSPS) is 19.9. The summed E-state index contributed by atoms with van der Waals surface area (Å²) in [5, 5.41) is 6.13. The molecule has 0 saturated heterocycles. The van der Waals surface area contributed by atoms with Gasteiger partial charge in [-0.25, -0.2) is 4.39 Å². The molecule has 32 heavy (non-hydrogen) atoms. The van der Waals surface area contributed by atoms with Crippen LogP contribution in [0.2, 0.25) is 0 Å². The summed E-state index contributed by atoms with van der Waals surface area (Å²) in [5.74, 6) is -0.789. The molecule has 1 aliphatic carbocycles. The van der Waals surface area contributed by atoms with Gasteiger partial charge in [-0.1, -0.05) is 38.1 Å². The SMILES string of the molecule is COc1ccccc1[C@H]1C(C(=O)Nc2cccc(F)c2)=C(C)NC2=C1C(=O)CC(C)(C)C2. The molecule has 4 rings (SSSR count). The van der Waals surface area contributed by atoms with Gasteiger partial charge in [0.25, 0.3) is 5.91 Å². The summed E-state index contributed by atoms with van der Waals surface area (Å²) in [5.41, 5.74) is 3.47. The largest absolute Gasteiger partial charge is 0.496 e. The van der Waals surface area contributed by atoms with E-state index in [1.54, 1.807) is 13.2 Å². The number of dihydropyridines is 1. The van der Waals surface area contributed by atoms with Crippen molar-refractivity contribution in [1.29, 1.82) is 0 Å². The van der Waals surface area contributed by atoms with Crippen LogP contribution in [0.4, 0.5) is 10.1 Å². The van der Waals surface area contributed by atoms with E-state index in [1.165, 1.54) is 18.2 Å². The first-order chi connectivity index (χ1) is 15.2. The van der Waals surface area contributed by atoms with Crippen LogP contribution in [0.5, 0.6) is 5.75 Å². The maximum Gasteiger partial charge on any atom is 0.254 e. The zero-order valence-electron chi connectivity index (χ0n) is 18.7. The minimum Gasteiger partial charge on any atom is -0.496 e. The van der Waals surface area contributed by atoms with E-state index in [0.29, 0.717) is 41.1 Å². The molecule has 0 aromatic heterocycles. The molecular weight excluding hydrogens is 407 g/mol. The molecule has 0 unspecified atom stereocenters. The number of methoxy groups -OCH3 is 1. The quantitative estimate of drug-likeness (QED) is 0.705. The maximum atomic E-state index is 13.7. The Morgan fingerprint density at radius 3 is 2.62 bits per heavy atom. The zero-order chi connectivity index (χ0) is 23.0. The molecule has 1 heterocycles. The lowest BCUT2D eigenvalue weighted by Gasteiger charge is -2.40. The third kappa shape index (κ3) is 4.05. The number of benzene rings is 2. The Morgan fingerprint density at radius 2 is 1.91 bits per heavy atom. The fraction of sp³-hybridized carbons (Fsp3) is 0.308. The molecule has 2 aromatic carbocycles. The molecule has 1 atom stereocenters. The number of para-hydroxylation sites is 1. The van der Waals surface area contributed by atoms with Crippen LogP contribution in [0, 0.1) is 11.2 Å². The molecule has 2 aliphatic rings. The monoisotopic (exact) mass is 434 g/mol. The predicted molar refractivity (Wildman–Crippen MR) is 122 cm³/mol. The highest BCUT2D eigenvalue weighted by atomic mass is 19.1. The number of allylic oxidation sites excluding steroid dienone is 3. The molecule has 0 spiro atoms. The van der Waals surface area contributed by atoms with Gasteiger partial charge in [0, 0.05) is 40.2 Å². The number of ether oxygens (including phenoxy) is 1. The van der Waals surface area contributed by atoms with Crippen molar-refractivity contribution < 1.29 is 18.7 Å². The second-order valence-electron chi connectivity index (χ2n) is 9.14. The third-order valence-electron chi connectivity index (χ3n) is 6.02. The Kier molecular flexibility index (Phi) is 5.63. The summed E-state index contributed by atoms with van der Waals surface area (Å²) in [7, 11) is 1.57. The van der Waals surface area contributed by atoms with E-state index in [4.69, 9.17) is 4.74 Å². The van der Waals surface area contributed by atoms with Crippen LogP contribution in [0.1, 0.15) is 45.1 Å². The van der Waals surface area contributed by atoms with Gasteiger partial charge in [-0.15, -0.1) is 0 Å². The molecule has 1 aliphatic heterocycles. The van der Waals surface area contributed by atoms with Gasteiger partial charge in [0.05, 0.1) is 13.0 Å². The lowest BCUT2D eigenvalue weighted by molar-refractivity contribution is -0.118. The number of carbonyl (C=O) groups is 2. The Labute approximate surface area is 187 Å². The van der Waals surface area contributed by atoms with E-state index in [2.05, 4.69) is 24.5 Å². The Bertz CT molecular complexity index is 1160. The first-order valence-electron chi connectivity index (χ1n) is 10.6. The van der Waals surface area contributed by atoms with Crippen molar-refractivity contribution in [1.82, 2.24) is 5.32 Å². The van der Waals surface area contributed by atoms with Crippen LogP contribution in [0.25, 0.3) is 0 Å². The molecule has 2 N–H and O–H groups in total. The van der Waals surface area contributed by atoms with Crippen molar-refractivity contribution in [2.75, 3.05) is 12.4 Å². The molecule has 166 valence electrons. The molecular formula is C26H27FN2O3. The molecule has 0 bridgehead atoms. The summed E-state index contributed by atoms with van der Waals surface area (Å²) in [6.45, 7) is 5.97. The zero-order valence-corrected chi connectivity index (χ0v) is 18.7. The third-order valence-corrected chi connectivity index (χ3v) is 6.02. The van der Waals surface area contributed by atoms with Crippen LogP contribution in [0.3, 0.4) is 0 Å². The number of anilines is 1. The number of ketones is 1. The summed E-state index contributed by atoms with van der Waals surface area (Å²) in [6, 6.07) is 13.2. The average Bonchev–Trinajstić information content (AvgIpc) is 2.71. The number of rotatable bonds is 4. The number of amides is 1. The van der Waals surface area contributed by atoms with Crippen LogP contribution in [0.15, 0.2) is 71.1 Å². The van der Waals surface area contributed by atoms with Gasteiger partial charge >= 0.3 is 0 Å². The van der Waals surface area contributed by atoms with E-state index in [1.807, 2.05) is 31.2 Å². The highest BCUT2D eigenvalue weighted by molar-refractivity contribution is 6.10. The van der Waals surface area contributed by atoms with Gasteiger partial charge in [0.2, 0.25) is 0 Å². The Hall–Kier alpha value is -3.41. The number of hydrogen-bond donors (Lipinski definition) is 2. The second-order valence-corrected chi connectivity index (χ2v) is 9.14. The average molecular weight is 435 g/mol. The number of hydrogen-bond acceptors (Lipinski definition) is 4. The standard InChI is InChI=1S/C26H27FN2O3/c1-15-22(25(31)29-17-9-7-8-16(27)12-17)23(18-10-5-6-11-21(18)32-4)24-19(28-15)13-26(2,3)14-20(24)30/h5-12,23,28H,13-14H2,1-4H3,(H,29,31)/t23-/m0/s1. The van der Waals surface area contributed by atoms with Crippen molar-refractivity contribution >= 4 is 17.4 Å². The second kappa shape index (κ2) is 8.26. The van der Waals surface area contributed by atoms with Crippen molar-refractivity contribution in [3.8, 4) is 5.75 Å². The smallest absolute Gasteiger partial charge is 0.254 e. The van der Waals surface area contributed by atoms with Crippen molar-refractivity contribution in [3.63, 3.8) is 0 Å². The van der Waals surface area contributed by atoms with E-state index in [0.717, 1.165) is 11.3 Å². The van der Waals surface area contributed by atoms with Crippen LogP contribution >= 0.6 is 0 Å². The molecule has 0 saturated carbocycles. The van der Waals surface area contributed by atoms with Gasteiger partial charge in [0.15, 0.2) is 5.78 Å². The molecule has 1 amide bonds. The lowest BCUT2D eigenvalue weighted by atomic mass is 9.68. The van der Waals surface area contributed by atoms with Crippen molar-refractivity contribution in [3.05, 3.63) is 82.5 Å². The number of Topliss-reactive ketones (excluding diaryl/α,β-unsaturated/α-hetero) is 1. The van der Waals surface area contributed by atoms with Gasteiger partial charge < -0.3 is 15.4 Å². The minimum atomic E-state index is -0.584. The summed E-state index contributed by atoms with van der Waals surface area (Å²) in [4.78, 5) is 26.8. The molecule has 0 radical (unpaired) electrons. The molecule has 6 heteroatoms. The van der Waals surface area contributed by atoms with Crippen LogP contribution in [-0.4, -0.2) is 18.8 Å².